The minimum Gasteiger partial charge on any atom is -0.497 e. The van der Waals surface area contributed by atoms with E-state index in [2.05, 4.69) is 0 Å². The van der Waals surface area contributed by atoms with Crippen LogP contribution in [0.15, 0.2) is 58.3 Å². The fraction of sp³-hybridized carbons (Fsp3) is 0.0714. The molecule has 2 aromatic rings. The van der Waals surface area contributed by atoms with Gasteiger partial charge in [-0.2, -0.15) is 5.26 Å². The van der Waals surface area contributed by atoms with Crippen LogP contribution in [0.1, 0.15) is 5.56 Å². The monoisotopic (exact) mass is 257 g/mol. The van der Waals surface area contributed by atoms with Gasteiger partial charge in [0, 0.05) is 4.90 Å². The number of methoxy groups -OCH3 is 1. The van der Waals surface area contributed by atoms with Crippen molar-refractivity contribution < 1.29 is 8.95 Å². The highest BCUT2D eigenvalue weighted by Gasteiger charge is 2.12. The van der Waals surface area contributed by atoms with E-state index in [1.165, 1.54) is 7.11 Å². The summed E-state index contributed by atoms with van der Waals surface area (Å²) < 4.78 is 17.4. The summed E-state index contributed by atoms with van der Waals surface area (Å²) in [6.07, 6.45) is 0. The minimum absolute atomic E-state index is 0.372. The summed E-state index contributed by atoms with van der Waals surface area (Å²) in [5, 5.41) is 9.09. The van der Waals surface area contributed by atoms with Crippen LogP contribution in [0.25, 0.3) is 0 Å². The largest absolute Gasteiger partial charge is 0.497 e. The summed E-state index contributed by atoms with van der Waals surface area (Å²) in [6.45, 7) is 0. The summed E-state index contributed by atoms with van der Waals surface area (Å²) in [6, 6.07) is 16.1. The van der Waals surface area contributed by atoms with Crippen LogP contribution in [0.5, 0.6) is 5.75 Å². The first-order valence-electron chi connectivity index (χ1n) is 5.31. The molecule has 18 heavy (non-hydrogen) atoms. The predicted octanol–water partition coefficient (Wildman–Crippen LogP) is 2.73. The van der Waals surface area contributed by atoms with Gasteiger partial charge in [0.2, 0.25) is 0 Å². The van der Waals surface area contributed by atoms with Gasteiger partial charge in [-0.05, 0) is 30.3 Å². The normalized spacial score (nSPS) is 11.6. The third kappa shape index (κ3) is 2.41. The van der Waals surface area contributed by atoms with Crippen LogP contribution in [-0.2, 0) is 10.8 Å². The van der Waals surface area contributed by atoms with E-state index in [1.807, 2.05) is 24.3 Å². The molecule has 0 bridgehead atoms. The third-order valence-corrected chi connectivity index (χ3v) is 3.92. The Bertz CT molecular complexity index is 617. The summed E-state index contributed by atoms with van der Waals surface area (Å²) in [5.41, 5.74) is 0.372. The minimum atomic E-state index is -1.35. The standard InChI is InChI=1S/C14H11NO2S/c1-17-12-7-8-14(11(9-12)10-15)18(16)13-5-3-2-4-6-13/h2-9H,1H3. The van der Waals surface area contributed by atoms with Gasteiger partial charge >= 0.3 is 0 Å². The number of rotatable bonds is 3. The van der Waals surface area contributed by atoms with Crippen molar-refractivity contribution in [3.63, 3.8) is 0 Å². The van der Waals surface area contributed by atoms with Crippen molar-refractivity contribution in [1.82, 2.24) is 0 Å². The van der Waals surface area contributed by atoms with Gasteiger partial charge in [0.1, 0.15) is 11.8 Å². The smallest absolute Gasteiger partial charge is 0.120 e. The number of benzene rings is 2. The maximum atomic E-state index is 12.3. The van der Waals surface area contributed by atoms with E-state index in [4.69, 9.17) is 10.00 Å². The molecule has 0 radical (unpaired) electrons. The van der Waals surface area contributed by atoms with E-state index in [0.717, 1.165) is 0 Å². The molecule has 2 aromatic carbocycles. The molecular formula is C14H11NO2S. The fourth-order valence-electron chi connectivity index (χ4n) is 1.56. The lowest BCUT2D eigenvalue weighted by Gasteiger charge is -2.06. The van der Waals surface area contributed by atoms with E-state index in [1.54, 1.807) is 30.3 Å². The van der Waals surface area contributed by atoms with Crippen LogP contribution in [0, 0.1) is 11.3 Å². The lowest BCUT2D eigenvalue weighted by Crippen LogP contribution is -1.97. The van der Waals surface area contributed by atoms with E-state index in [0.29, 0.717) is 21.1 Å². The molecule has 4 heteroatoms. The van der Waals surface area contributed by atoms with Gasteiger partial charge in [0.15, 0.2) is 0 Å². The first kappa shape index (κ1) is 12.3. The number of nitrogens with zero attached hydrogens (tertiary/aromatic N) is 1. The van der Waals surface area contributed by atoms with E-state index < -0.39 is 10.8 Å². The van der Waals surface area contributed by atoms with Crippen molar-refractivity contribution in [3.8, 4) is 11.8 Å². The molecule has 2 rings (SSSR count). The quantitative estimate of drug-likeness (QED) is 0.849. The molecule has 0 fully saturated rings. The van der Waals surface area contributed by atoms with E-state index >= 15 is 0 Å². The average Bonchev–Trinajstić information content (AvgIpc) is 2.46. The molecule has 0 aliphatic rings. The van der Waals surface area contributed by atoms with Crippen molar-refractivity contribution in [1.29, 1.82) is 5.26 Å². The SMILES string of the molecule is COc1ccc(S(=O)c2ccccc2)c(C#N)c1. The van der Waals surface area contributed by atoms with E-state index in [-0.39, 0.29) is 0 Å². The van der Waals surface area contributed by atoms with Crippen molar-refractivity contribution in [2.75, 3.05) is 7.11 Å². The van der Waals surface area contributed by atoms with E-state index in [9.17, 15) is 4.21 Å². The van der Waals surface area contributed by atoms with Gasteiger partial charge in [-0.15, -0.1) is 0 Å². The first-order valence-corrected chi connectivity index (χ1v) is 6.46. The van der Waals surface area contributed by atoms with Crippen molar-refractivity contribution in [3.05, 3.63) is 54.1 Å². The Morgan fingerprint density at radius 1 is 1.17 bits per heavy atom. The van der Waals surface area contributed by atoms with Crippen LogP contribution < -0.4 is 4.74 Å². The highest BCUT2D eigenvalue weighted by atomic mass is 32.2. The van der Waals surface area contributed by atoms with Crippen LogP contribution >= 0.6 is 0 Å². The lowest BCUT2D eigenvalue weighted by molar-refractivity contribution is 0.414. The Morgan fingerprint density at radius 2 is 1.89 bits per heavy atom. The highest BCUT2D eigenvalue weighted by molar-refractivity contribution is 7.85. The molecule has 1 atom stereocenters. The topological polar surface area (TPSA) is 50.1 Å². The summed E-state index contributed by atoms with van der Waals surface area (Å²) in [7, 11) is 0.186. The summed E-state index contributed by atoms with van der Waals surface area (Å²) in [4.78, 5) is 1.18. The molecule has 1 unspecified atom stereocenters. The van der Waals surface area contributed by atoms with Gasteiger partial charge < -0.3 is 4.74 Å². The molecule has 0 aromatic heterocycles. The Balaban J connectivity index is 2.46. The Morgan fingerprint density at radius 3 is 2.50 bits per heavy atom. The molecule has 0 spiro atoms. The van der Waals surface area contributed by atoms with Crippen molar-refractivity contribution in [2.45, 2.75) is 9.79 Å². The second-order valence-electron chi connectivity index (χ2n) is 3.56. The van der Waals surface area contributed by atoms with Gasteiger partial charge in [-0.1, -0.05) is 18.2 Å². The zero-order valence-corrected chi connectivity index (χ0v) is 10.6. The molecule has 0 saturated heterocycles. The molecule has 0 N–H and O–H groups in total. The molecule has 0 heterocycles. The first-order chi connectivity index (χ1) is 8.76. The number of hydrogen-bond donors (Lipinski definition) is 0. The van der Waals surface area contributed by atoms with Crippen LogP contribution in [0.3, 0.4) is 0 Å². The Labute approximate surface area is 108 Å². The Hall–Kier alpha value is -2.12. The Kier molecular flexibility index (Phi) is 3.75. The van der Waals surface area contributed by atoms with Crippen molar-refractivity contribution >= 4 is 10.8 Å². The zero-order chi connectivity index (χ0) is 13.0. The number of hydrogen-bond acceptors (Lipinski definition) is 3. The van der Waals surface area contributed by atoms with Crippen LogP contribution in [-0.4, -0.2) is 11.3 Å². The highest BCUT2D eigenvalue weighted by Crippen LogP contribution is 2.23. The second-order valence-corrected chi connectivity index (χ2v) is 5.00. The van der Waals surface area contributed by atoms with Gasteiger partial charge in [0.25, 0.3) is 0 Å². The maximum Gasteiger partial charge on any atom is 0.120 e. The van der Waals surface area contributed by atoms with Gasteiger partial charge in [-0.3, -0.25) is 0 Å². The number of ether oxygens (including phenoxy) is 1. The lowest BCUT2D eigenvalue weighted by atomic mass is 10.2. The molecular weight excluding hydrogens is 246 g/mol. The molecule has 90 valence electrons. The van der Waals surface area contributed by atoms with Gasteiger partial charge in [-0.25, -0.2) is 4.21 Å². The van der Waals surface area contributed by atoms with Crippen molar-refractivity contribution in [2.24, 2.45) is 0 Å². The predicted molar refractivity (Wildman–Crippen MR) is 68.8 cm³/mol. The zero-order valence-electron chi connectivity index (χ0n) is 9.79. The third-order valence-electron chi connectivity index (χ3n) is 2.46. The molecule has 3 nitrogen and oxygen atoms in total. The molecule has 0 aliphatic carbocycles. The average molecular weight is 257 g/mol. The molecule has 0 saturated carbocycles. The van der Waals surface area contributed by atoms with Gasteiger partial charge in [0.05, 0.1) is 28.4 Å². The second kappa shape index (κ2) is 5.48. The number of nitriles is 1. The molecule has 0 aliphatic heterocycles. The maximum absolute atomic E-state index is 12.3. The van der Waals surface area contributed by atoms with Crippen LogP contribution in [0.2, 0.25) is 0 Å². The van der Waals surface area contributed by atoms with Crippen LogP contribution in [0.4, 0.5) is 0 Å². The summed E-state index contributed by atoms with van der Waals surface area (Å²) in [5.74, 6) is 0.584. The summed E-state index contributed by atoms with van der Waals surface area (Å²) >= 11 is 0. The fourth-order valence-corrected chi connectivity index (χ4v) is 2.71. The molecule has 0 amide bonds.